The molecule has 0 N–H and O–H groups in total. The first-order valence-corrected chi connectivity index (χ1v) is 9.51. The molecule has 6 heteroatoms. The average molecular weight is 364 g/mol. The van der Waals surface area contributed by atoms with Crippen molar-refractivity contribution in [2.75, 3.05) is 56.3 Å². The van der Waals surface area contributed by atoms with Crippen LogP contribution in [-0.2, 0) is 4.74 Å². The number of pyridine rings is 1. The van der Waals surface area contributed by atoms with E-state index in [-0.39, 0.29) is 6.10 Å². The van der Waals surface area contributed by atoms with Crippen LogP contribution in [0.2, 0.25) is 0 Å². The van der Waals surface area contributed by atoms with Crippen molar-refractivity contribution in [2.24, 2.45) is 0 Å². The Morgan fingerprint density at radius 1 is 1.00 bits per heavy atom. The van der Waals surface area contributed by atoms with Gasteiger partial charge in [0.2, 0.25) is 0 Å². The summed E-state index contributed by atoms with van der Waals surface area (Å²) in [6, 6.07) is 14.5. The molecule has 5 rings (SSSR count). The molecule has 2 aromatic heterocycles. The van der Waals surface area contributed by atoms with Gasteiger partial charge in [-0.1, -0.05) is 30.3 Å². The molecule has 2 saturated heterocycles. The third-order valence-corrected chi connectivity index (χ3v) is 5.52. The van der Waals surface area contributed by atoms with Crippen molar-refractivity contribution in [1.29, 1.82) is 0 Å². The normalized spacial score (nSPS) is 21.3. The molecule has 0 amide bonds. The molecule has 1 aromatic carbocycles. The van der Waals surface area contributed by atoms with Gasteiger partial charge in [0.05, 0.1) is 12.8 Å². The summed E-state index contributed by atoms with van der Waals surface area (Å²) in [4.78, 5) is 11.9. The standard InChI is InChI=1S/C21H24N4O2/c1-23-8-10-24(11-9-23)21-20-17(7-12-26-20)13-19(22-21)25-14-18(27-15-25)16-5-3-2-4-6-16/h2-7,12-13,18H,8-11,14-15H2,1H3. The van der Waals surface area contributed by atoms with E-state index in [2.05, 4.69) is 52.1 Å². The van der Waals surface area contributed by atoms with Crippen molar-refractivity contribution < 1.29 is 9.15 Å². The van der Waals surface area contributed by atoms with Crippen molar-refractivity contribution >= 4 is 22.6 Å². The van der Waals surface area contributed by atoms with Gasteiger partial charge in [0.25, 0.3) is 0 Å². The van der Waals surface area contributed by atoms with Gasteiger partial charge < -0.3 is 23.9 Å². The molecule has 0 saturated carbocycles. The largest absolute Gasteiger partial charge is 0.460 e. The summed E-state index contributed by atoms with van der Waals surface area (Å²) in [6.07, 6.45) is 1.84. The van der Waals surface area contributed by atoms with Crippen LogP contribution in [0, 0.1) is 0 Å². The Hall–Kier alpha value is -2.57. The maximum absolute atomic E-state index is 6.04. The smallest absolute Gasteiger partial charge is 0.176 e. The Balaban J connectivity index is 1.44. The molecule has 6 nitrogen and oxygen atoms in total. The summed E-state index contributed by atoms with van der Waals surface area (Å²) >= 11 is 0. The summed E-state index contributed by atoms with van der Waals surface area (Å²) in [5, 5.41) is 1.09. The molecule has 2 aliphatic heterocycles. The van der Waals surface area contributed by atoms with E-state index >= 15 is 0 Å². The second kappa shape index (κ2) is 6.87. The van der Waals surface area contributed by atoms with Crippen molar-refractivity contribution in [1.82, 2.24) is 9.88 Å². The average Bonchev–Trinajstić information content (AvgIpc) is 3.38. The molecule has 2 fully saturated rings. The van der Waals surface area contributed by atoms with Crippen LogP contribution in [0.4, 0.5) is 11.6 Å². The maximum atomic E-state index is 6.04. The van der Waals surface area contributed by atoms with E-state index in [1.54, 1.807) is 6.26 Å². The summed E-state index contributed by atoms with van der Waals surface area (Å²) < 4.78 is 11.8. The lowest BCUT2D eigenvalue weighted by atomic mass is 10.1. The van der Waals surface area contributed by atoms with Crippen LogP contribution in [0.25, 0.3) is 11.0 Å². The molecule has 1 atom stereocenters. The number of rotatable bonds is 3. The van der Waals surface area contributed by atoms with E-state index in [4.69, 9.17) is 14.1 Å². The summed E-state index contributed by atoms with van der Waals surface area (Å²) in [7, 11) is 2.16. The Kier molecular flexibility index (Phi) is 4.22. The highest BCUT2D eigenvalue weighted by atomic mass is 16.5. The highest BCUT2D eigenvalue weighted by Crippen LogP contribution is 2.33. The van der Waals surface area contributed by atoms with Crippen molar-refractivity contribution in [3.63, 3.8) is 0 Å². The molecule has 4 heterocycles. The first-order valence-electron chi connectivity index (χ1n) is 9.51. The first-order chi connectivity index (χ1) is 13.3. The lowest BCUT2D eigenvalue weighted by Crippen LogP contribution is -2.45. The molecule has 27 heavy (non-hydrogen) atoms. The summed E-state index contributed by atoms with van der Waals surface area (Å²) in [5.41, 5.74) is 2.09. The van der Waals surface area contributed by atoms with Crippen LogP contribution in [0.3, 0.4) is 0 Å². The van der Waals surface area contributed by atoms with E-state index in [1.165, 1.54) is 5.56 Å². The van der Waals surface area contributed by atoms with E-state index in [0.717, 1.165) is 55.3 Å². The molecule has 1 unspecified atom stereocenters. The fourth-order valence-electron chi connectivity index (χ4n) is 3.85. The molecular formula is C21H24N4O2. The van der Waals surface area contributed by atoms with Gasteiger partial charge in [-0.25, -0.2) is 4.98 Å². The van der Waals surface area contributed by atoms with Crippen LogP contribution in [-0.4, -0.2) is 56.4 Å². The van der Waals surface area contributed by atoms with Gasteiger partial charge in [0.15, 0.2) is 11.4 Å². The van der Waals surface area contributed by atoms with Crippen LogP contribution in [0.15, 0.2) is 53.1 Å². The predicted molar refractivity (Wildman–Crippen MR) is 106 cm³/mol. The van der Waals surface area contributed by atoms with Crippen molar-refractivity contribution in [3.05, 3.63) is 54.3 Å². The molecular weight excluding hydrogens is 340 g/mol. The first kappa shape index (κ1) is 16.6. The molecule has 0 aliphatic carbocycles. The molecule has 3 aromatic rings. The number of ether oxygens (including phenoxy) is 1. The fraction of sp³-hybridized carbons (Fsp3) is 0.381. The van der Waals surface area contributed by atoms with Gasteiger partial charge in [0, 0.05) is 31.6 Å². The fourth-order valence-corrected chi connectivity index (χ4v) is 3.85. The SMILES string of the molecule is CN1CCN(c2nc(N3COC(c4ccccc4)C3)cc3ccoc23)CC1. The molecule has 140 valence electrons. The van der Waals surface area contributed by atoms with Gasteiger partial charge in [-0.3, -0.25) is 0 Å². The van der Waals surface area contributed by atoms with E-state index < -0.39 is 0 Å². The Morgan fingerprint density at radius 2 is 1.81 bits per heavy atom. The second-order valence-corrected chi connectivity index (χ2v) is 7.35. The zero-order chi connectivity index (χ0) is 18.2. The zero-order valence-electron chi connectivity index (χ0n) is 15.5. The number of likely N-dealkylation sites (N-methyl/N-ethyl adjacent to an activating group) is 1. The zero-order valence-corrected chi connectivity index (χ0v) is 15.5. The number of piperazine rings is 1. The Bertz CT molecular complexity index is 918. The summed E-state index contributed by atoms with van der Waals surface area (Å²) in [6.45, 7) is 5.37. The lowest BCUT2D eigenvalue weighted by Gasteiger charge is -2.33. The number of nitrogens with zero attached hydrogens (tertiary/aromatic N) is 4. The number of hydrogen-bond donors (Lipinski definition) is 0. The van der Waals surface area contributed by atoms with Crippen molar-refractivity contribution in [2.45, 2.75) is 6.10 Å². The Labute approximate surface area is 158 Å². The van der Waals surface area contributed by atoms with Crippen molar-refractivity contribution in [3.8, 4) is 0 Å². The maximum Gasteiger partial charge on any atom is 0.176 e. The van der Waals surface area contributed by atoms with E-state index in [0.29, 0.717) is 6.73 Å². The number of fused-ring (bicyclic) bond motifs is 1. The van der Waals surface area contributed by atoms with Gasteiger partial charge in [-0.2, -0.15) is 0 Å². The lowest BCUT2D eigenvalue weighted by molar-refractivity contribution is 0.117. The molecule has 0 radical (unpaired) electrons. The van der Waals surface area contributed by atoms with E-state index in [1.807, 2.05) is 12.1 Å². The third-order valence-electron chi connectivity index (χ3n) is 5.52. The van der Waals surface area contributed by atoms with Crippen LogP contribution < -0.4 is 9.80 Å². The highest BCUT2D eigenvalue weighted by Gasteiger charge is 2.27. The minimum atomic E-state index is 0.0835. The van der Waals surface area contributed by atoms with Gasteiger partial charge in [-0.05, 0) is 24.7 Å². The topological polar surface area (TPSA) is 45.0 Å². The molecule has 0 spiro atoms. The van der Waals surface area contributed by atoms with Gasteiger partial charge >= 0.3 is 0 Å². The van der Waals surface area contributed by atoms with Crippen LogP contribution >= 0.6 is 0 Å². The number of benzene rings is 1. The number of anilines is 2. The molecule has 0 bridgehead atoms. The van der Waals surface area contributed by atoms with Gasteiger partial charge in [0.1, 0.15) is 18.7 Å². The monoisotopic (exact) mass is 364 g/mol. The van der Waals surface area contributed by atoms with E-state index in [9.17, 15) is 0 Å². The highest BCUT2D eigenvalue weighted by molar-refractivity contribution is 5.89. The number of furan rings is 1. The minimum absolute atomic E-state index is 0.0835. The number of aromatic nitrogens is 1. The van der Waals surface area contributed by atoms with Crippen LogP contribution in [0.1, 0.15) is 11.7 Å². The number of hydrogen-bond acceptors (Lipinski definition) is 6. The minimum Gasteiger partial charge on any atom is -0.460 e. The van der Waals surface area contributed by atoms with Crippen LogP contribution in [0.5, 0.6) is 0 Å². The molecule has 2 aliphatic rings. The second-order valence-electron chi connectivity index (χ2n) is 7.35. The predicted octanol–water partition coefficient (Wildman–Crippen LogP) is 3.12. The Morgan fingerprint density at radius 3 is 2.63 bits per heavy atom. The van der Waals surface area contributed by atoms with Gasteiger partial charge in [-0.15, -0.1) is 0 Å². The summed E-state index contributed by atoms with van der Waals surface area (Å²) in [5.74, 6) is 1.90. The third kappa shape index (κ3) is 3.15. The quantitative estimate of drug-likeness (QED) is 0.712.